The molecule has 2 aliphatic heterocycles. The molecule has 3 heterocycles. The topological polar surface area (TPSA) is 70.9 Å². The van der Waals surface area contributed by atoms with Crippen LogP contribution in [0.25, 0.3) is 0 Å². The summed E-state index contributed by atoms with van der Waals surface area (Å²) in [6, 6.07) is 4.59. The van der Waals surface area contributed by atoms with Gasteiger partial charge >= 0.3 is 0 Å². The Morgan fingerprint density at radius 3 is 2.56 bits per heavy atom. The molecule has 34 heavy (non-hydrogen) atoms. The highest BCUT2D eigenvalue weighted by Gasteiger charge is 2.35. The van der Waals surface area contributed by atoms with E-state index in [2.05, 4.69) is 26.9 Å². The van der Waals surface area contributed by atoms with Crippen LogP contribution in [0.3, 0.4) is 0 Å². The number of methoxy groups -OCH3 is 1. The monoisotopic (exact) mass is 467 g/mol. The number of benzene rings is 1. The standard InChI is InChI=1S/C25H27F2N5O2/c1-25(2,34-3)9-4-21-5-10-28-24(30-21)31-12-7-17(8-13-31)23(33)32-22(6-11-29-32)18-14-19(26)16-20(27)15-18/h5,10-11,14-17,22H,6-8,12-13H2,1-3H3. The van der Waals surface area contributed by atoms with E-state index in [0.29, 0.717) is 49.6 Å². The number of hydrazone groups is 1. The fraction of sp³-hybridized carbons (Fsp3) is 0.440. The van der Waals surface area contributed by atoms with E-state index in [4.69, 9.17) is 4.74 Å². The average Bonchev–Trinajstić information content (AvgIpc) is 3.32. The van der Waals surface area contributed by atoms with Gasteiger partial charge in [-0.1, -0.05) is 5.92 Å². The van der Waals surface area contributed by atoms with Gasteiger partial charge in [0.15, 0.2) is 0 Å². The number of ether oxygens (including phenoxy) is 1. The lowest BCUT2D eigenvalue weighted by molar-refractivity contribution is -0.138. The van der Waals surface area contributed by atoms with Gasteiger partial charge in [0.25, 0.3) is 0 Å². The van der Waals surface area contributed by atoms with Gasteiger partial charge in [-0.3, -0.25) is 4.79 Å². The van der Waals surface area contributed by atoms with E-state index in [-0.39, 0.29) is 11.8 Å². The molecule has 7 nitrogen and oxygen atoms in total. The minimum Gasteiger partial charge on any atom is -0.366 e. The van der Waals surface area contributed by atoms with Crippen molar-refractivity contribution in [2.45, 2.75) is 44.8 Å². The fourth-order valence-electron chi connectivity index (χ4n) is 4.02. The summed E-state index contributed by atoms with van der Waals surface area (Å²) >= 11 is 0. The smallest absolute Gasteiger partial charge is 0.246 e. The van der Waals surface area contributed by atoms with Crippen LogP contribution in [-0.2, 0) is 9.53 Å². The Bertz CT molecular complexity index is 1130. The van der Waals surface area contributed by atoms with Crippen LogP contribution < -0.4 is 4.90 Å². The molecule has 0 aliphatic carbocycles. The number of hydrogen-bond donors (Lipinski definition) is 0. The van der Waals surface area contributed by atoms with Gasteiger partial charge in [-0.2, -0.15) is 5.10 Å². The van der Waals surface area contributed by atoms with Crippen molar-refractivity contribution in [1.29, 1.82) is 0 Å². The number of halogens is 2. The summed E-state index contributed by atoms with van der Waals surface area (Å²) in [6.45, 7) is 4.97. The van der Waals surface area contributed by atoms with Crippen LogP contribution in [0.4, 0.5) is 14.7 Å². The molecule has 178 valence electrons. The first-order valence-electron chi connectivity index (χ1n) is 11.2. The second kappa shape index (κ2) is 9.85. The van der Waals surface area contributed by atoms with E-state index in [9.17, 15) is 13.6 Å². The van der Waals surface area contributed by atoms with Gasteiger partial charge in [0.1, 0.15) is 22.9 Å². The van der Waals surface area contributed by atoms with E-state index in [1.54, 1.807) is 25.6 Å². The van der Waals surface area contributed by atoms with Crippen molar-refractivity contribution in [3.8, 4) is 11.8 Å². The zero-order chi connectivity index (χ0) is 24.3. The van der Waals surface area contributed by atoms with Crippen LogP contribution >= 0.6 is 0 Å². The number of carbonyl (C=O) groups excluding carboxylic acids is 1. The molecule has 1 aromatic heterocycles. The predicted molar refractivity (Wildman–Crippen MR) is 124 cm³/mol. The lowest BCUT2D eigenvalue weighted by Gasteiger charge is -2.33. The molecular formula is C25H27F2N5O2. The predicted octanol–water partition coefficient (Wildman–Crippen LogP) is 3.71. The van der Waals surface area contributed by atoms with E-state index >= 15 is 0 Å². The molecule has 0 bridgehead atoms. The van der Waals surface area contributed by atoms with Crippen LogP contribution in [0.2, 0.25) is 0 Å². The molecule has 2 aliphatic rings. The van der Waals surface area contributed by atoms with Crippen LogP contribution in [0.1, 0.15) is 50.4 Å². The highest BCUT2D eigenvalue weighted by atomic mass is 19.1. The van der Waals surface area contributed by atoms with E-state index < -0.39 is 23.3 Å². The molecule has 0 spiro atoms. The molecule has 0 N–H and O–H groups in total. The Hall–Kier alpha value is -3.38. The van der Waals surface area contributed by atoms with Crippen LogP contribution in [0, 0.1) is 29.4 Å². The largest absolute Gasteiger partial charge is 0.366 e. The number of rotatable bonds is 4. The summed E-state index contributed by atoms with van der Waals surface area (Å²) in [5.41, 5.74) is 0.436. The number of amides is 1. The lowest BCUT2D eigenvalue weighted by atomic mass is 9.94. The Morgan fingerprint density at radius 2 is 1.88 bits per heavy atom. The quantitative estimate of drug-likeness (QED) is 0.642. The molecule has 1 saturated heterocycles. The molecule has 1 aromatic carbocycles. The highest BCUT2D eigenvalue weighted by molar-refractivity contribution is 5.82. The molecule has 0 saturated carbocycles. The van der Waals surface area contributed by atoms with Crippen molar-refractivity contribution in [3.05, 3.63) is 53.4 Å². The summed E-state index contributed by atoms with van der Waals surface area (Å²) < 4.78 is 32.7. The molecule has 9 heteroatoms. The highest BCUT2D eigenvalue weighted by Crippen LogP contribution is 2.33. The summed E-state index contributed by atoms with van der Waals surface area (Å²) in [5.74, 6) is 4.93. The Morgan fingerprint density at radius 1 is 1.18 bits per heavy atom. The molecule has 1 amide bonds. The third kappa shape index (κ3) is 5.39. The normalized spacial score (nSPS) is 18.7. The van der Waals surface area contributed by atoms with Gasteiger partial charge in [-0.15, -0.1) is 0 Å². The number of piperidine rings is 1. The Kier molecular flexibility index (Phi) is 6.89. The van der Waals surface area contributed by atoms with Gasteiger partial charge in [-0.25, -0.2) is 23.8 Å². The maximum Gasteiger partial charge on any atom is 0.246 e. The minimum atomic E-state index is -0.666. The van der Waals surface area contributed by atoms with Crippen molar-refractivity contribution < 1.29 is 18.3 Å². The second-order valence-corrected chi connectivity index (χ2v) is 8.90. The third-order valence-electron chi connectivity index (χ3n) is 6.10. The minimum absolute atomic E-state index is 0.134. The second-order valence-electron chi connectivity index (χ2n) is 8.90. The molecule has 1 unspecified atom stereocenters. The van der Waals surface area contributed by atoms with E-state index in [1.807, 2.05) is 18.7 Å². The average molecular weight is 468 g/mol. The van der Waals surface area contributed by atoms with E-state index in [0.717, 1.165) is 6.07 Å². The van der Waals surface area contributed by atoms with Crippen LogP contribution in [0.15, 0.2) is 35.6 Å². The number of nitrogens with zero attached hydrogens (tertiary/aromatic N) is 5. The summed E-state index contributed by atoms with van der Waals surface area (Å²) in [6.07, 6.45) is 4.92. The first kappa shape index (κ1) is 23.8. The van der Waals surface area contributed by atoms with Crippen molar-refractivity contribution in [1.82, 2.24) is 15.0 Å². The summed E-state index contributed by atoms with van der Waals surface area (Å²) in [4.78, 5) is 24.1. The first-order valence-corrected chi connectivity index (χ1v) is 11.2. The van der Waals surface area contributed by atoms with Crippen LogP contribution in [-0.4, -0.2) is 52.9 Å². The maximum atomic E-state index is 13.7. The Balaban J connectivity index is 1.40. The number of hydrogen-bond acceptors (Lipinski definition) is 6. The van der Waals surface area contributed by atoms with Crippen molar-refractivity contribution in [2.24, 2.45) is 11.0 Å². The SMILES string of the molecule is COC(C)(C)C#Cc1ccnc(N2CCC(C(=O)N3N=CCC3c3cc(F)cc(F)c3)CC2)n1. The molecule has 2 aromatic rings. The van der Waals surface area contributed by atoms with Crippen molar-refractivity contribution >= 4 is 18.1 Å². The van der Waals surface area contributed by atoms with Gasteiger partial charge < -0.3 is 9.64 Å². The molecular weight excluding hydrogens is 440 g/mol. The fourth-order valence-corrected chi connectivity index (χ4v) is 4.02. The van der Waals surface area contributed by atoms with Crippen molar-refractivity contribution in [2.75, 3.05) is 25.1 Å². The summed E-state index contributed by atoms with van der Waals surface area (Å²) in [7, 11) is 1.61. The molecule has 1 atom stereocenters. The molecule has 0 radical (unpaired) electrons. The van der Waals surface area contributed by atoms with Gasteiger partial charge in [0.2, 0.25) is 11.9 Å². The third-order valence-corrected chi connectivity index (χ3v) is 6.10. The van der Waals surface area contributed by atoms with Gasteiger partial charge in [0, 0.05) is 51.0 Å². The number of aromatic nitrogens is 2. The number of anilines is 1. The lowest BCUT2D eigenvalue weighted by Crippen LogP contribution is -2.41. The maximum absolute atomic E-state index is 13.7. The Labute approximate surface area is 197 Å². The van der Waals surface area contributed by atoms with Crippen molar-refractivity contribution in [3.63, 3.8) is 0 Å². The zero-order valence-electron chi connectivity index (χ0n) is 19.5. The zero-order valence-corrected chi connectivity index (χ0v) is 19.5. The van der Waals surface area contributed by atoms with Gasteiger partial charge in [0.05, 0.1) is 6.04 Å². The number of carbonyl (C=O) groups is 1. The van der Waals surface area contributed by atoms with E-state index in [1.165, 1.54) is 17.1 Å². The molecule has 1 fully saturated rings. The molecule has 4 rings (SSSR count). The van der Waals surface area contributed by atoms with Crippen LogP contribution in [0.5, 0.6) is 0 Å². The first-order chi connectivity index (χ1) is 16.3. The van der Waals surface area contributed by atoms with Gasteiger partial charge in [-0.05, 0) is 56.4 Å². The summed E-state index contributed by atoms with van der Waals surface area (Å²) in [5, 5.41) is 5.59.